The normalized spacial score (nSPS) is 18.2. The van der Waals surface area contributed by atoms with Gasteiger partial charge in [-0.3, -0.25) is 0 Å². The highest BCUT2D eigenvalue weighted by Gasteiger charge is 2.33. The number of methoxy groups -OCH3 is 1. The van der Waals surface area contributed by atoms with Crippen LogP contribution in [0.25, 0.3) is 0 Å². The Morgan fingerprint density at radius 2 is 2.33 bits per heavy atom. The average Bonchev–Trinajstić information content (AvgIpc) is 2.54. The number of hydrogen-bond acceptors (Lipinski definition) is 7. The summed E-state index contributed by atoms with van der Waals surface area (Å²) in [4.78, 5) is 30.0. The third kappa shape index (κ3) is 3.30. The van der Waals surface area contributed by atoms with Crippen molar-refractivity contribution in [2.24, 2.45) is 0 Å². The van der Waals surface area contributed by atoms with Crippen LogP contribution in [-0.4, -0.2) is 56.3 Å². The molecule has 1 aliphatic rings. The molecule has 1 aliphatic heterocycles. The van der Waals surface area contributed by atoms with Gasteiger partial charge >= 0.3 is 11.9 Å². The van der Waals surface area contributed by atoms with Crippen molar-refractivity contribution in [3.63, 3.8) is 0 Å². The smallest absolute Gasteiger partial charge is 0.341 e. The van der Waals surface area contributed by atoms with Crippen molar-refractivity contribution in [3.8, 4) is 0 Å². The van der Waals surface area contributed by atoms with Crippen LogP contribution in [0, 0.1) is 0 Å². The van der Waals surface area contributed by atoms with E-state index in [1.54, 1.807) is 30.2 Å². The number of anilines is 1. The molecular formula is C14H19N3O4. The van der Waals surface area contributed by atoms with Crippen LogP contribution >= 0.6 is 0 Å². The molecule has 0 aliphatic carbocycles. The SMILES string of the molecule is CCOC(=O)C1CNCCN1c1ncccc1C(=O)OC. The molecule has 21 heavy (non-hydrogen) atoms. The van der Waals surface area contributed by atoms with Crippen molar-refractivity contribution in [3.05, 3.63) is 23.9 Å². The number of aromatic nitrogens is 1. The highest BCUT2D eigenvalue weighted by molar-refractivity contribution is 5.95. The summed E-state index contributed by atoms with van der Waals surface area (Å²) in [7, 11) is 1.32. The second-order valence-electron chi connectivity index (χ2n) is 4.53. The van der Waals surface area contributed by atoms with E-state index in [0.717, 1.165) is 0 Å². The molecule has 0 saturated carbocycles. The van der Waals surface area contributed by atoms with Crippen molar-refractivity contribution in [2.45, 2.75) is 13.0 Å². The van der Waals surface area contributed by atoms with E-state index in [-0.39, 0.29) is 5.97 Å². The number of pyridine rings is 1. The summed E-state index contributed by atoms with van der Waals surface area (Å²) >= 11 is 0. The van der Waals surface area contributed by atoms with E-state index in [2.05, 4.69) is 10.3 Å². The molecule has 0 aromatic carbocycles. The van der Waals surface area contributed by atoms with Gasteiger partial charge in [-0.1, -0.05) is 0 Å². The minimum Gasteiger partial charge on any atom is -0.465 e. The highest BCUT2D eigenvalue weighted by Crippen LogP contribution is 2.22. The summed E-state index contributed by atoms with van der Waals surface area (Å²) in [5.41, 5.74) is 0.344. The van der Waals surface area contributed by atoms with Gasteiger partial charge in [-0.2, -0.15) is 0 Å². The highest BCUT2D eigenvalue weighted by atomic mass is 16.5. The van der Waals surface area contributed by atoms with Gasteiger partial charge < -0.3 is 19.7 Å². The number of esters is 2. The maximum absolute atomic E-state index is 12.1. The molecule has 2 rings (SSSR count). The van der Waals surface area contributed by atoms with Gasteiger partial charge in [-0.25, -0.2) is 14.6 Å². The zero-order valence-corrected chi connectivity index (χ0v) is 12.2. The van der Waals surface area contributed by atoms with Crippen LogP contribution in [0.3, 0.4) is 0 Å². The number of nitrogens with one attached hydrogen (secondary N) is 1. The van der Waals surface area contributed by atoms with E-state index >= 15 is 0 Å². The summed E-state index contributed by atoms with van der Waals surface area (Å²) in [6.07, 6.45) is 1.59. The monoisotopic (exact) mass is 293 g/mol. The molecule has 1 aromatic rings. The molecule has 1 saturated heterocycles. The molecule has 114 valence electrons. The molecule has 1 atom stereocenters. The van der Waals surface area contributed by atoms with Gasteiger partial charge in [0.15, 0.2) is 0 Å². The lowest BCUT2D eigenvalue weighted by Crippen LogP contribution is -2.56. The number of ether oxygens (including phenoxy) is 2. The standard InChI is InChI=1S/C14H19N3O4/c1-3-21-14(19)11-9-15-7-8-17(11)12-10(13(18)20-2)5-4-6-16-12/h4-6,11,15H,3,7-9H2,1-2H3. The van der Waals surface area contributed by atoms with Gasteiger partial charge in [-0.15, -0.1) is 0 Å². The number of carbonyl (C=O) groups is 2. The zero-order chi connectivity index (χ0) is 15.2. The van der Waals surface area contributed by atoms with Crippen LogP contribution in [0.5, 0.6) is 0 Å². The first-order chi connectivity index (χ1) is 10.2. The molecule has 1 N–H and O–H groups in total. The van der Waals surface area contributed by atoms with Crippen LogP contribution in [0.1, 0.15) is 17.3 Å². The molecule has 1 fully saturated rings. The minimum absolute atomic E-state index is 0.315. The number of hydrogen-bond donors (Lipinski definition) is 1. The topological polar surface area (TPSA) is 80.8 Å². The Morgan fingerprint density at radius 3 is 3.05 bits per heavy atom. The van der Waals surface area contributed by atoms with E-state index < -0.39 is 12.0 Å². The summed E-state index contributed by atoms with van der Waals surface area (Å²) in [6.45, 7) is 3.79. The van der Waals surface area contributed by atoms with Crippen molar-refractivity contribution >= 4 is 17.8 Å². The number of carbonyl (C=O) groups excluding carboxylic acids is 2. The fraction of sp³-hybridized carbons (Fsp3) is 0.500. The van der Waals surface area contributed by atoms with E-state index in [9.17, 15) is 9.59 Å². The van der Waals surface area contributed by atoms with E-state index in [1.165, 1.54) is 7.11 Å². The number of nitrogens with zero attached hydrogens (tertiary/aromatic N) is 2. The van der Waals surface area contributed by atoms with E-state index in [1.807, 2.05) is 0 Å². The van der Waals surface area contributed by atoms with Gasteiger partial charge in [-0.05, 0) is 19.1 Å². The third-order valence-corrected chi connectivity index (χ3v) is 3.27. The van der Waals surface area contributed by atoms with Gasteiger partial charge in [0, 0.05) is 25.8 Å². The first-order valence-electron chi connectivity index (χ1n) is 6.86. The number of rotatable bonds is 4. The molecule has 7 heteroatoms. The summed E-state index contributed by atoms with van der Waals surface area (Å²) < 4.78 is 9.87. The fourth-order valence-corrected chi connectivity index (χ4v) is 2.30. The van der Waals surface area contributed by atoms with Gasteiger partial charge in [0.25, 0.3) is 0 Å². The van der Waals surface area contributed by atoms with Crippen LogP contribution in [0.4, 0.5) is 5.82 Å². The predicted octanol–water partition coefficient (Wildman–Crippen LogP) is 0.210. The Bertz CT molecular complexity index is 521. The Hall–Kier alpha value is -2.15. The van der Waals surface area contributed by atoms with Crippen molar-refractivity contribution in [1.82, 2.24) is 10.3 Å². The van der Waals surface area contributed by atoms with E-state index in [0.29, 0.717) is 37.6 Å². The Balaban J connectivity index is 2.33. The quantitative estimate of drug-likeness (QED) is 0.795. The minimum atomic E-state index is -0.503. The maximum Gasteiger partial charge on any atom is 0.341 e. The fourth-order valence-electron chi connectivity index (χ4n) is 2.30. The first-order valence-corrected chi connectivity index (χ1v) is 6.86. The Morgan fingerprint density at radius 1 is 1.52 bits per heavy atom. The van der Waals surface area contributed by atoms with Crippen molar-refractivity contribution < 1.29 is 19.1 Å². The molecule has 1 aromatic heterocycles. The lowest BCUT2D eigenvalue weighted by molar-refractivity contribution is -0.144. The lowest BCUT2D eigenvalue weighted by atomic mass is 10.1. The van der Waals surface area contributed by atoms with Gasteiger partial charge in [0.2, 0.25) is 0 Å². The second kappa shape index (κ2) is 7.03. The van der Waals surface area contributed by atoms with Crippen LogP contribution in [-0.2, 0) is 14.3 Å². The molecule has 0 amide bonds. The summed E-state index contributed by atoms with van der Waals surface area (Å²) in [5.74, 6) is -0.352. The molecule has 2 heterocycles. The predicted molar refractivity (Wildman–Crippen MR) is 76.2 cm³/mol. The zero-order valence-electron chi connectivity index (χ0n) is 12.2. The molecule has 1 unspecified atom stereocenters. The van der Waals surface area contributed by atoms with Crippen LogP contribution in [0.15, 0.2) is 18.3 Å². The van der Waals surface area contributed by atoms with Gasteiger partial charge in [0.05, 0.1) is 13.7 Å². The largest absolute Gasteiger partial charge is 0.465 e. The maximum atomic E-state index is 12.1. The van der Waals surface area contributed by atoms with Crippen molar-refractivity contribution in [2.75, 3.05) is 38.3 Å². The third-order valence-electron chi connectivity index (χ3n) is 3.27. The number of piperazine rings is 1. The molecule has 0 bridgehead atoms. The Labute approximate surface area is 123 Å². The molecule has 7 nitrogen and oxygen atoms in total. The van der Waals surface area contributed by atoms with Crippen LogP contribution < -0.4 is 10.2 Å². The molecule has 0 radical (unpaired) electrons. The summed E-state index contributed by atoms with van der Waals surface area (Å²) in [6, 6.07) is 2.80. The molecular weight excluding hydrogens is 274 g/mol. The molecule has 0 spiro atoms. The van der Waals surface area contributed by atoms with Gasteiger partial charge in [0.1, 0.15) is 17.4 Å². The van der Waals surface area contributed by atoms with Crippen molar-refractivity contribution in [1.29, 1.82) is 0 Å². The van der Waals surface area contributed by atoms with Crippen LogP contribution in [0.2, 0.25) is 0 Å². The summed E-state index contributed by atoms with van der Waals surface area (Å²) in [5, 5.41) is 3.15. The Kier molecular flexibility index (Phi) is 5.10. The lowest BCUT2D eigenvalue weighted by Gasteiger charge is -2.35. The van der Waals surface area contributed by atoms with E-state index in [4.69, 9.17) is 9.47 Å². The second-order valence-corrected chi connectivity index (χ2v) is 4.53. The first kappa shape index (κ1) is 15.2. The average molecular weight is 293 g/mol.